The van der Waals surface area contributed by atoms with Gasteiger partial charge in [0.05, 0.1) is 11.3 Å². The van der Waals surface area contributed by atoms with Crippen molar-refractivity contribution in [3.05, 3.63) is 23.8 Å². The number of hydrogen-bond donors (Lipinski definition) is 2. The molecule has 3 N–H and O–H groups in total. The van der Waals surface area contributed by atoms with Crippen molar-refractivity contribution in [2.75, 3.05) is 18.1 Å². The first kappa shape index (κ1) is 12.3. The van der Waals surface area contributed by atoms with Crippen molar-refractivity contribution in [2.45, 2.75) is 23.8 Å². The Balaban J connectivity index is 2.22. The van der Waals surface area contributed by atoms with Gasteiger partial charge in [0.25, 0.3) is 0 Å². The molecular weight excluding hydrogens is 230 g/mol. The zero-order chi connectivity index (χ0) is 12.3. The first-order valence-electron chi connectivity index (χ1n) is 5.83. The Kier molecular flexibility index (Phi) is 3.93. The third-order valence-electron chi connectivity index (χ3n) is 3.14. The zero-order valence-corrected chi connectivity index (χ0v) is 10.8. The smallest absolute Gasteiger partial charge is 0.102 e. The molecule has 0 aliphatic heterocycles. The lowest BCUT2D eigenvalue weighted by atomic mass is 10.1. The highest BCUT2D eigenvalue weighted by atomic mass is 32.2. The summed E-state index contributed by atoms with van der Waals surface area (Å²) in [5.74, 6) is 0.685. The fourth-order valence-corrected chi connectivity index (χ4v) is 2.58. The van der Waals surface area contributed by atoms with Gasteiger partial charge in [-0.15, -0.1) is 11.8 Å². The molecular formula is C13H17N3S. The largest absolute Gasteiger partial charge is 0.380 e. The molecule has 0 aromatic heterocycles. The van der Waals surface area contributed by atoms with Crippen LogP contribution in [0.4, 0.5) is 5.69 Å². The number of benzene rings is 1. The Labute approximate surface area is 106 Å². The minimum absolute atomic E-state index is 0.305. The molecule has 0 heterocycles. The number of hydrogen-bond acceptors (Lipinski definition) is 4. The number of nitrogens with two attached hydrogens (primary N) is 1. The van der Waals surface area contributed by atoms with Crippen molar-refractivity contribution in [1.82, 2.24) is 0 Å². The molecule has 4 heteroatoms. The Morgan fingerprint density at radius 3 is 2.88 bits per heavy atom. The quantitative estimate of drug-likeness (QED) is 0.784. The molecule has 2 rings (SSSR count). The van der Waals surface area contributed by atoms with Crippen LogP contribution in [0.2, 0.25) is 0 Å². The molecule has 1 aliphatic carbocycles. The molecule has 0 spiro atoms. The fraction of sp³-hybridized carbons (Fsp3) is 0.462. The SMILES string of the molecule is CSc1cccc(NC(CN)C2CC2)c1C#N. The fourth-order valence-electron chi connectivity index (χ4n) is 2.00. The molecule has 1 saturated carbocycles. The van der Waals surface area contributed by atoms with Gasteiger partial charge in [-0.2, -0.15) is 5.26 Å². The van der Waals surface area contributed by atoms with Crippen LogP contribution < -0.4 is 11.1 Å². The number of nitriles is 1. The van der Waals surface area contributed by atoms with E-state index in [0.29, 0.717) is 18.5 Å². The van der Waals surface area contributed by atoms with Crippen LogP contribution in [0.25, 0.3) is 0 Å². The van der Waals surface area contributed by atoms with Gasteiger partial charge in [-0.1, -0.05) is 6.07 Å². The molecule has 1 fully saturated rings. The Morgan fingerprint density at radius 1 is 1.59 bits per heavy atom. The molecule has 17 heavy (non-hydrogen) atoms. The Hall–Kier alpha value is -1.18. The second kappa shape index (κ2) is 5.44. The monoisotopic (exact) mass is 247 g/mol. The van der Waals surface area contributed by atoms with Crippen LogP contribution in [0, 0.1) is 17.2 Å². The third kappa shape index (κ3) is 2.74. The van der Waals surface area contributed by atoms with Crippen molar-refractivity contribution < 1.29 is 0 Å². The summed E-state index contributed by atoms with van der Waals surface area (Å²) in [4.78, 5) is 1.02. The first-order chi connectivity index (χ1) is 8.30. The van der Waals surface area contributed by atoms with Gasteiger partial charge in [0.15, 0.2) is 0 Å². The molecule has 0 amide bonds. The van der Waals surface area contributed by atoms with Gasteiger partial charge < -0.3 is 11.1 Å². The van der Waals surface area contributed by atoms with Crippen molar-refractivity contribution in [1.29, 1.82) is 5.26 Å². The molecule has 1 unspecified atom stereocenters. The molecule has 1 atom stereocenters. The maximum absolute atomic E-state index is 9.24. The van der Waals surface area contributed by atoms with Crippen molar-refractivity contribution in [3.63, 3.8) is 0 Å². The van der Waals surface area contributed by atoms with E-state index in [2.05, 4.69) is 11.4 Å². The van der Waals surface area contributed by atoms with E-state index in [9.17, 15) is 5.26 Å². The average Bonchev–Trinajstić information content (AvgIpc) is 3.19. The number of anilines is 1. The predicted molar refractivity (Wildman–Crippen MR) is 72.1 cm³/mol. The maximum Gasteiger partial charge on any atom is 0.102 e. The summed E-state index contributed by atoms with van der Waals surface area (Å²) >= 11 is 1.60. The maximum atomic E-state index is 9.24. The van der Waals surface area contributed by atoms with Crippen LogP contribution in [-0.4, -0.2) is 18.8 Å². The summed E-state index contributed by atoms with van der Waals surface area (Å²) in [6.45, 7) is 0.624. The van der Waals surface area contributed by atoms with Crippen LogP contribution in [0.1, 0.15) is 18.4 Å². The predicted octanol–water partition coefficient (Wildman–Crippen LogP) is 2.43. The molecule has 1 aliphatic rings. The summed E-state index contributed by atoms with van der Waals surface area (Å²) < 4.78 is 0. The molecule has 0 radical (unpaired) electrons. The second-order valence-electron chi connectivity index (χ2n) is 4.32. The van der Waals surface area contributed by atoms with E-state index in [1.165, 1.54) is 12.8 Å². The van der Waals surface area contributed by atoms with Gasteiger partial charge in [-0.3, -0.25) is 0 Å². The molecule has 3 nitrogen and oxygen atoms in total. The summed E-state index contributed by atoms with van der Waals surface area (Å²) in [6.07, 6.45) is 4.49. The van der Waals surface area contributed by atoms with Crippen LogP contribution in [0.15, 0.2) is 23.1 Å². The summed E-state index contributed by atoms with van der Waals surface area (Å²) in [5.41, 5.74) is 7.43. The number of rotatable bonds is 5. The van der Waals surface area contributed by atoms with E-state index in [4.69, 9.17) is 5.73 Å². The normalized spacial score (nSPS) is 16.3. The molecule has 0 saturated heterocycles. The van der Waals surface area contributed by atoms with Crippen LogP contribution in [0.5, 0.6) is 0 Å². The Morgan fingerprint density at radius 2 is 2.35 bits per heavy atom. The van der Waals surface area contributed by atoms with E-state index in [1.54, 1.807) is 11.8 Å². The van der Waals surface area contributed by atoms with Gasteiger partial charge in [0.1, 0.15) is 6.07 Å². The second-order valence-corrected chi connectivity index (χ2v) is 5.17. The lowest BCUT2D eigenvalue weighted by Gasteiger charge is -2.19. The average molecular weight is 247 g/mol. The minimum atomic E-state index is 0.305. The van der Waals surface area contributed by atoms with Crippen LogP contribution >= 0.6 is 11.8 Å². The van der Waals surface area contributed by atoms with E-state index in [1.807, 2.05) is 24.5 Å². The summed E-state index contributed by atoms with van der Waals surface area (Å²) in [6, 6.07) is 8.50. The summed E-state index contributed by atoms with van der Waals surface area (Å²) in [7, 11) is 0. The summed E-state index contributed by atoms with van der Waals surface area (Å²) in [5, 5.41) is 12.7. The third-order valence-corrected chi connectivity index (χ3v) is 3.92. The first-order valence-corrected chi connectivity index (χ1v) is 7.06. The van der Waals surface area contributed by atoms with Crippen molar-refractivity contribution in [2.24, 2.45) is 11.7 Å². The van der Waals surface area contributed by atoms with Crippen molar-refractivity contribution >= 4 is 17.4 Å². The zero-order valence-electron chi connectivity index (χ0n) is 9.94. The number of thioether (sulfide) groups is 1. The van der Waals surface area contributed by atoms with Crippen molar-refractivity contribution in [3.8, 4) is 6.07 Å². The lowest BCUT2D eigenvalue weighted by Crippen LogP contribution is -2.31. The molecule has 1 aromatic carbocycles. The van der Waals surface area contributed by atoms with E-state index in [-0.39, 0.29) is 0 Å². The number of nitrogens with zero attached hydrogens (tertiary/aromatic N) is 1. The van der Waals surface area contributed by atoms with Gasteiger partial charge in [-0.25, -0.2) is 0 Å². The van der Waals surface area contributed by atoms with Gasteiger partial charge in [-0.05, 0) is 37.1 Å². The van der Waals surface area contributed by atoms with E-state index >= 15 is 0 Å². The minimum Gasteiger partial charge on any atom is -0.380 e. The van der Waals surface area contributed by atoms with E-state index in [0.717, 1.165) is 16.1 Å². The van der Waals surface area contributed by atoms with E-state index < -0.39 is 0 Å². The highest BCUT2D eigenvalue weighted by Gasteiger charge is 2.30. The van der Waals surface area contributed by atoms with Gasteiger partial charge in [0.2, 0.25) is 0 Å². The van der Waals surface area contributed by atoms with Crippen LogP contribution in [-0.2, 0) is 0 Å². The van der Waals surface area contributed by atoms with Gasteiger partial charge >= 0.3 is 0 Å². The molecule has 1 aromatic rings. The van der Waals surface area contributed by atoms with Gasteiger partial charge in [0, 0.05) is 17.5 Å². The standard InChI is InChI=1S/C13H17N3S/c1-17-13-4-2-3-11(10(13)7-14)16-12(8-15)9-5-6-9/h2-4,9,12,16H,5-6,8,15H2,1H3. The topological polar surface area (TPSA) is 61.8 Å². The van der Waals surface area contributed by atoms with Crippen LogP contribution in [0.3, 0.4) is 0 Å². The highest BCUT2D eigenvalue weighted by Crippen LogP contribution is 2.35. The molecule has 90 valence electrons. The Bertz CT molecular complexity index is 435. The molecule has 0 bridgehead atoms. The number of nitrogens with one attached hydrogen (secondary N) is 1. The lowest BCUT2D eigenvalue weighted by molar-refractivity contribution is 0.645. The highest BCUT2D eigenvalue weighted by molar-refractivity contribution is 7.98.